The fraction of sp³-hybridized carbons (Fsp3) is 0.294. The average Bonchev–Trinajstić information content (AvgIpc) is 2.49. The molecule has 6 nitrogen and oxygen atoms in total. The number of amides is 1. The number of carbonyl (C=O) groups is 1. The molecular weight excluding hydrogens is 330 g/mol. The van der Waals surface area contributed by atoms with Crippen LogP contribution < -0.4 is 15.6 Å². The summed E-state index contributed by atoms with van der Waals surface area (Å²) in [5, 5.41) is 3.05. The van der Waals surface area contributed by atoms with Gasteiger partial charge in [0.2, 0.25) is 0 Å². The molecular formula is C17H20ClN3O3. The molecule has 0 atom stereocenters. The molecule has 0 saturated heterocycles. The van der Waals surface area contributed by atoms with Crippen LogP contribution in [0.15, 0.2) is 35.1 Å². The molecule has 2 rings (SSSR count). The number of pyridine rings is 1. The summed E-state index contributed by atoms with van der Waals surface area (Å²) >= 11 is 6.17. The Labute approximate surface area is 145 Å². The number of hydrogen-bond donors (Lipinski definition) is 2. The number of likely N-dealkylation sites (N-methyl/N-ethyl adjacent to an activating group) is 1. The van der Waals surface area contributed by atoms with E-state index in [1.807, 2.05) is 19.0 Å². The van der Waals surface area contributed by atoms with Crippen LogP contribution in [0.4, 0.5) is 5.69 Å². The van der Waals surface area contributed by atoms with Crippen LogP contribution in [0.25, 0.3) is 0 Å². The molecule has 24 heavy (non-hydrogen) atoms. The summed E-state index contributed by atoms with van der Waals surface area (Å²) in [6, 6.07) is 8.12. The maximum atomic E-state index is 12.2. The van der Waals surface area contributed by atoms with Gasteiger partial charge in [-0.15, -0.1) is 0 Å². The van der Waals surface area contributed by atoms with Crippen molar-refractivity contribution in [3.05, 3.63) is 57.0 Å². The Morgan fingerprint density at radius 2 is 2.04 bits per heavy atom. The number of aromatic nitrogens is 1. The van der Waals surface area contributed by atoms with Crippen LogP contribution in [-0.2, 0) is 0 Å². The highest BCUT2D eigenvalue weighted by Crippen LogP contribution is 2.27. The molecule has 0 fully saturated rings. The second kappa shape index (κ2) is 7.99. The molecule has 1 aromatic carbocycles. The van der Waals surface area contributed by atoms with E-state index in [2.05, 4.69) is 10.3 Å². The molecule has 7 heteroatoms. The van der Waals surface area contributed by atoms with E-state index in [1.165, 1.54) is 6.07 Å². The van der Waals surface area contributed by atoms with Crippen LogP contribution in [0.1, 0.15) is 16.1 Å². The highest BCUT2D eigenvalue weighted by molar-refractivity contribution is 6.32. The van der Waals surface area contributed by atoms with E-state index in [9.17, 15) is 9.59 Å². The van der Waals surface area contributed by atoms with Crippen LogP contribution in [0.3, 0.4) is 0 Å². The van der Waals surface area contributed by atoms with E-state index in [1.54, 1.807) is 31.2 Å². The van der Waals surface area contributed by atoms with Gasteiger partial charge in [-0.1, -0.05) is 11.6 Å². The van der Waals surface area contributed by atoms with Gasteiger partial charge < -0.3 is 19.9 Å². The largest absolute Gasteiger partial charge is 0.491 e. The van der Waals surface area contributed by atoms with Crippen LogP contribution in [0.2, 0.25) is 5.02 Å². The van der Waals surface area contributed by atoms with Crippen molar-refractivity contribution in [2.75, 3.05) is 32.6 Å². The van der Waals surface area contributed by atoms with E-state index in [0.29, 0.717) is 28.8 Å². The van der Waals surface area contributed by atoms with Crippen LogP contribution >= 0.6 is 11.6 Å². The van der Waals surface area contributed by atoms with Crippen molar-refractivity contribution in [3.63, 3.8) is 0 Å². The molecule has 0 spiro atoms. The van der Waals surface area contributed by atoms with Gasteiger partial charge in [0.05, 0.1) is 5.02 Å². The van der Waals surface area contributed by atoms with Crippen molar-refractivity contribution in [1.29, 1.82) is 0 Å². The van der Waals surface area contributed by atoms with Crippen molar-refractivity contribution >= 4 is 23.2 Å². The van der Waals surface area contributed by atoms with Crippen molar-refractivity contribution in [1.82, 2.24) is 9.88 Å². The fourth-order valence-electron chi connectivity index (χ4n) is 1.98. The number of ether oxygens (including phenoxy) is 1. The van der Waals surface area contributed by atoms with E-state index < -0.39 is 11.5 Å². The lowest BCUT2D eigenvalue weighted by Crippen LogP contribution is -2.23. The second-order valence-electron chi connectivity index (χ2n) is 5.64. The van der Waals surface area contributed by atoms with Gasteiger partial charge in [0.1, 0.15) is 17.9 Å². The molecule has 1 amide bonds. The molecule has 2 N–H and O–H groups in total. The number of nitrogens with one attached hydrogen (secondary N) is 2. The van der Waals surface area contributed by atoms with Gasteiger partial charge in [-0.2, -0.15) is 0 Å². The molecule has 1 heterocycles. The third-order valence-electron chi connectivity index (χ3n) is 3.29. The molecule has 0 aliphatic heterocycles. The second-order valence-corrected chi connectivity index (χ2v) is 6.04. The first-order chi connectivity index (χ1) is 11.4. The minimum absolute atomic E-state index is 0.0445. The quantitative estimate of drug-likeness (QED) is 0.840. The Balaban J connectivity index is 2.06. The van der Waals surface area contributed by atoms with Gasteiger partial charge >= 0.3 is 0 Å². The van der Waals surface area contributed by atoms with Gasteiger partial charge in [0.15, 0.2) is 0 Å². The summed E-state index contributed by atoms with van der Waals surface area (Å²) in [6.07, 6.45) is 0. The zero-order chi connectivity index (χ0) is 17.7. The minimum Gasteiger partial charge on any atom is -0.491 e. The van der Waals surface area contributed by atoms with Crippen molar-refractivity contribution in [3.8, 4) is 5.75 Å². The van der Waals surface area contributed by atoms with Gasteiger partial charge in [-0.25, -0.2) is 0 Å². The predicted octanol–water partition coefficient (Wildman–Crippen LogP) is 2.53. The number of nitrogens with zero attached hydrogens (tertiary/aromatic N) is 1. The SMILES string of the molecule is Cc1ccc(C(=O)Nc2ccc(OCCN(C)C)c(Cl)c2)c(=O)[nH]1. The Bertz CT molecular complexity index is 787. The number of benzene rings is 1. The van der Waals surface area contributed by atoms with Crippen molar-refractivity contribution in [2.45, 2.75) is 6.92 Å². The summed E-state index contributed by atoms with van der Waals surface area (Å²) < 4.78 is 5.58. The Morgan fingerprint density at radius 1 is 1.29 bits per heavy atom. The Morgan fingerprint density at radius 3 is 2.67 bits per heavy atom. The number of aromatic amines is 1. The average molecular weight is 350 g/mol. The molecule has 0 aliphatic rings. The maximum Gasteiger partial charge on any atom is 0.261 e. The standard InChI is InChI=1S/C17H20ClN3O3/c1-11-4-6-13(16(22)19-11)17(23)20-12-5-7-15(14(18)10-12)24-9-8-21(2)3/h4-7,10H,8-9H2,1-3H3,(H,19,22)(H,20,23). The van der Waals surface area contributed by atoms with Gasteiger partial charge in [-0.3, -0.25) is 9.59 Å². The Kier molecular flexibility index (Phi) is 6.00. The van der Waals surface area contributed by atoms with E-state index in [4.69, 9.17) is 16.3 Å². The topological polar surface area (TPSA) is 74.4 Å². The molecule has 2 aromatic rings. The lowest BCUT2D eigenvalue weighted by Gasteiger charge is -2.13. The third-order valence-corrected chi connectivity index (χ3v) is 3.58. The summed E-state index contributed by atoms with van der Waals surface area (Å²) in [6.45, 7) is 3.03. The van der Waals surface area contributed by atoms with Crippen molar-refractivity contribution in [2.24, 2.45) is 0 Å². The zero-order valence-electron chi connectivity index (χ0n) is 13.9. The molecule has 128 valence electrons. The van der Waals surface area contributed by atoms with E-state index >= 15 is 0 Å². The number of rotatable bonds is 6. The minimum atomic E-state index is -0.492. The number of aryl methyl sites for hydroxylation is 1. The van der Waals surface area contributed by atoms with Crippen LogP contribution in [0.5, 0.6) is 5.75 Å². The number of halogens is 1. The van der Waals surface area contributed by atoms with Gasteiger partial charge in [0, 0.05) is 17.9 Å². The smallest absolute Gasteiger partial charge is 0.261 e. The van der Waals surface area contributed by atoms with Crippen LogP contribution in [-0.4, -0.2) is 43.0 Å². The number of carbonyl (C=O) groups excluding carboxylic acids is 1. The third kappa shape index (κ3) is 4.84. The number of anilines is 1. The zero-order valence-corrected chi connectivity index (χ0v) is 14.6. The highest BCUT2D eigenvalue weighted by Gasteiger charge is 2.12. The monoisotopic (exact) mass is 349 g/mol. The van der Waals surface area contributed by atoms with Crippen molar-refractivity contribution < 1.29 is 9.53 Å². The van der Waals surface area contributed by atoms with E-state index in [0.717, 1.165) is 6.54 Å². The van der Waals surface area contributed by atoms with Crippen LogP contribution in [0, 0.1) is 6.92 Å². The number of hydrogen-bond acceptors (Lipinski definition) is 4. The maximum absolute atomic E-state index is 12.2. The Hall–Kier alpha value is -2.31. The first-order valence-electron chi connectivity index (χ1n) is 7.45. The highest BCUT2D eigenvalue weighted by atomic mass is 35.5. The summed E-state index contributed by atoms with van der Waals surface area (Å²) in [5.74, 6) is 0.0540. The molecule has 0 aliphatic carbocycles. The lowest BCUT2D eigenvalue weighted by molar-refractivity contribution is 0.102. The molecule has 0 bridgehead atoms. The summed E-state index contributed by atoms with van der Waals surface area (Å²) in [7, 11) is 3.91. The fourth-order valence-corrected chi connectivity index (χ4v) is 2.22. The van der Waals surface area contributed by atoms with Gasteiger partial charge in [-0.05, 0) is 51.4 Å². The summed E-state index contributed by atoms with van der Waals surface area (Å²) in [4.78, 5) is 28.6. The lowest BCUT2D eigenvalue weighted by atomic mass is 10.2. The van der Waals surface area contributed by atoms with E-state index in [-0.39, 0.29) is 5.56 Å². The predicted molar refractivity (Wildman–Crippen MR) is 95.3 cm³/mol. The normalized spacial score (nSPS) is 10.7. The molecule has 1 aromatic heterocycles. The first kappa shape index (κ1) is 18.0. The molecule has 0 unspecified atom stereocenters. The number of H-pyrrole nitrogens is 1. The summed E-state index contributed by atoms with van der Waals surface area (Å²) in [5.41, 5.74) is 0.800. The first-order valence-corrected chi connectivity index (χ1v) is 7.83. The molecule has 0 saturated carbocycles. The van der Waals surface area contributed by atoms with Gasteiger partial charge in [0.25, 0.3) is 11.5 Å². The molecule has 0 radical (unpaired) electrons.